The summed E-state index contributed by atoms with van der Waals surface area (Å²) < 4.78 is 8.19. The van der Waals surface area contributed by atoms with Crippen molar-refractivity contribution in [3.05, 3.63) is 0 Å². The van der Waals surface area contributed by atoms with Gasteiger partial charge in [0.15, 0.2) is 0 Å². The van der Waals surface area contributed by atoms with Crippen LogP contribution in [0.4, 0.5) is 0 Å². The van der Waals surface area contributed by atoms with Crippen LogP contribution in [0.15, 0.2) is 4.40 Å². The fourth-order valence-corrected chi connectivity index (χ4v) is 7.53. The lowest BCUT2D eigenvalue weighted by Gasteiger charge is -2.59. The van der Waals surface area contributed by atoms with Crippen LogP contribution in [-0.4, -0.2) is 41.4 Å². The summed E-state index contributed by atoms with van der Waals surface area (Å²) >= 11 is 3.70. The summed E-state index contributed by atoms with van der Waals surface area (Å²) in [5.41, 5.74) is 0. The second-order valence-corrected chi connectivity index (χ2v) is 8.99. The van der Waals surface area contributed by atoms with Gasteiger partial charge < -0.3 is 4.90 Å². The predicted octanol–water partition coefficient (Wildman–Crippen LogP) is 3.04. The molecule has 5 rings (SSSR count). The zero-order valence-electron chi connectivity index (χ0n) is 12.3. The molecular formula is C15H25N3S2. The van der Waals surface area contributed by atoms with Crippen LogP contribution in [-0.2, 0) is 0 Å². The normalized spacial score (nSPS) is 49.1. The second kappa shape index (κ2) is 5.49. The fraction of sp³-hybridized carbons (Fsp3) is 0.933. The Morgan fingerprint density at radius 2 is 2.15 bits per heavy atom. The van der Waals surface area contributed by atoms with Crippen molar-refractivity contribution >= 4 is 30.1 Å². The molecule has 1 N–H and O–H groups in total. The van der Waals surface area contributed by atoms with E-state index >= 15 is 0 Å². The summed E-state index contributed by atoms with van der Waals surface area (Å²) in [7, 11) is 0. The van der Waals surface area contributed by atoms with E-state index in [0.29, 0.717) is 0 Å². The summed E-state index contributed by atoms with van der Waals surface area (Å²) in [6.07, 6.45) is 7.80. The third-order valence-corrected chi connectivity index (χ3v) is 7.85. The van der Waals surface area contributed by atoms with E-state index in [4.69, 9.17) is 0 Å². The molecule has 3 saturated heterocycles. The smallest absolute Gasteiger partial charge is 0.115 e. The van der Waals surface area contributed by atoms with Crippen LogP contribution in [0, 0.1) is 23.7 Å². The highest BCUT2D eigenvalue weighted by atomic mass is 32.2. The van der Waals surface area contributed by atoms with Crippen LogP contribution in [0.25, 0.3) is 0 Å². The Bertz CT molecular complexity index is 373. The van der Waals surface area contributed by atoms with E-state index < -0.39 is 0 Å². The van der Waals surface area contributed by atoms with Gasteiger partial charge in [0.2, 0.25) is 0 Å². The third-order valence-electron chi connectivity index (χ3n) is 5.63. The highest BCUT2D eigenvalue weighted by molar-refractivity contribution is 8.04. The summed E-state index contributed by atoms with van der Waals surface area (Å²) in [6.45, 7) is 6.35. The SMILES string of the molecule is CCCCSC1(C2C3CC4CC2CN(C4)C3)C=NSN1. The number of thioether (sulfide) groups is 1. The molecule has 0 spiro atoms. The first-order chi connectivity index (χ1) is 9.81. The van der Waals surface area contributed by atoms with Crippen molar-refractivity contribution in [1.82, 2.24) is 9.62 Å². The molecule has 4 bridgehead atoms. The van der Waals surface area contributed by atoms with E-state index in [1.807, 2.05) is 0 Å². The summed E-state index contributed by atoms with van der Waals surface area (Å²) in [6, 6.07) is 0. The highest BCUT2D eigenvalue weighted by Crippen LogP contribution is 2.54. The monoisotopic (exact) mass is 311 g/mol. The Balaban J connectivity index is 1.55. The average molecular weight is 312 g/mol. The Kier molecular flexibility index (Phi) is 3.82. The van der Waals surface area contributed by atoms with Crippen molar-refractivity contribution < 1.29 is 0 Å². The molecule has 1 saturated carbocycles. The molecular weight excluding hydrogens is 286 g/mol. The number of unbranched alkanes of at least 4 members (excludes halogenated alkanes) is 1. The lowest BCUT2D eigenvalue weighted by atomic mass is 9.60. The first-order valence-corrected chi connectivity index (χ1v) is 9.90. The minimum absolute atomic E-state index is 0.129. The molecule has 3 nitrogen and oxygen atoms in total. The predicted molar refractivity (Wildman–Crippen MR) is 88.9 cm³/mol. The average Bonchev–Trinajstić information content (AvgIpc) is 2.87. The molecule has 0 amide bonds. The molecule has 4 aliphatic heterocycles. The van der Waals surface area contributed by atoms with Crippen molar-refractivity contribution in [2.45, 2.75) is 37.5 Å². The second-order valence-electron chi connectivity index (χ2n) is 7.02. The lowest BCUT2D eigenvalue weighted by Crippen LogP contribution is -2.64. The van der Waals surface area contributed by atoms with Crippen molar-refractivity contribution in [2.24, 2.45) is 28.1 Å². The van der Waals surface area contributed by atoms with Crippen LogP contribution >= 0.6 is 23.9 Å². The number of hydrogen-bond acceptors (Lipinski definition) is 5. The van der Waals surface area contributed by atoms with E-state index in [-0.39, 0.29) is 4.87 Å². The maximum absolute atomic E-state index is 4.49. The quantitative estimate of drug-likeness (QED) is 0.624. The zero-order valence-corrected chi connectivity index (χ0v) is 13.9. The van der Waals surface area contributed by atoms with Gasteiger partial charge in [-0.3, -0.25) is 0 Å². The molecule has 3 unspecified atom stereocenters. The molecule has 1 aliphatic carbocycles. The van der Waals surface area contributed by atoms with Crippen LogP contribution in [0.1, 0.15) is 32.6 Å². The highest BCUT2D eigenvalue weighted by Gasteiger charge is 2.56. The van der Waals surface area contributed by atoms with Gasteiger partial charge in [-0.15, -0.1) is 11.8 Å². The molecule has 4 heterocycles. The van der Waals surface area contributed by atoms with Gasteiger partial charge in [0.1, 0.15) is 4.87 Å². The van der Waals surface area contributed by atoms with Gasteiger partial charge in [0, 0.05) is 31.8 Å². The standard InChI is InChI=1S/C15H25N3S2/c1-2-3-4-19-15(10-16-20-17-15)14-12-5-11-6-13(14)9-18(7-11)8-12/h10-14,17H,2-9H2,1H3. The first-order valence-electron chi connectivity index (χ1n) is 8.15. The molecule has 5 heteroatoms. The number of piperidine rings is 3. The van der Waals surface area contributed by atoms with Gasteiger partial charge in [-0.05, 0) is 42.8 Å². The van der Waals surface area contributed by atoms with E-state index in [0.717, 1.165) is 23.7 Å². The molecule has 0 radical (unpaired) electrons. The van der Waals surface area contributed by atoms with Crippen LogP contribution in [0.3, 0.4) is 0 Å². The van der Waals surface area contributed by atoms with Crippen LogP contribution in [0.5, 0.6) is 0 Å². The van der Waals surface area contributed by atoms with Gasteiger partial charge in [-0.2, -0.15) is 0 Å². The Labute approximate surface area is 131 Å². The number of nitrogens with one attached hydrogen (secondary N) is 1. The lowest BCUT2D eigenvalue weighted by molar-refractivity contribution is -0.0703. The van der Waals surface area contributed by atoms with E-state index in [9.17, 15) is 0 Å². The number of rotatable bonds is 5. The van der Waals surface area contributed by atoms with Gasteiger partial charge >= 0.3 is 0 Å². The number of nitrogens with zero attached hydrogens (tertiary/aromatic N) is 2. The van der Waals surface area contributed by atoms with Crippen molar-refractivity contribution in [3.8, 4) is 0 Å². The molecule has 0 aromatic heterocycles. The Morgan fingerprint density at radius 1 is 1.35 bits per heavy atom. The molecule has 4 fully saturated rings. The largest absolute Gasteiger partial charge is 0.302 e. The van der Waals surface area contributed by atoms with Gasteiger partial charge in [-0.1, -0.05) is 13.3 Å². The molecule has 0 aromatic carbocycles. The van der Waals surface area contributed by atoms with Crippen LogP contribution < -0.4 is 4.72 Å². The van der Waals surface area contributed by atoms with E-state index in [2.05, 4.69) is 38.9 Å². The zero-order chi connectivity index (χ0) is 13.6. The summed E-state index contributed by atoms with van der Waals surface area (Å²) in [5.74, 6) is 4.85. The van der Waals surface area contributed by atoms with E-state index in [1.165, 1.54) is 51.1 Å². The first kappa shape index (κ1) is 13.9. The molecule has 0 aromatic rings. The third kappa shape index (κ3) is 2.25. The number of hydrogen-bond donors (Lipinski definition) is 1. The van der Waals surface area contributed by atoms with Gasteiger partial charge in [-0.25, -0.2) is 9.12 Å². The molecule has 112 valence electrons. The fourth-order valence-electron chi connectivity index (χ4n) is 5.04. The van der Waals surface area contributed by atoms with Gasteiger partial charge in [0.25, 0.3) is 0 Å². The molecule has 3 atom stereocenters. The van der Waals surface area contributed by atoms with Crippen molar-refractivity contribution in [1.29, 1.82) is 0 Å². The maximum Gasteiger partial charge on any atom is 0.115 e. The maximum atomic E-state index is 4.49. The van der Waals surface area contributed by atoms with Crippen LogP contribution in [0.2, 0.25) is 0 Å². The Hall–Kier alpha value is 0.290. The Morgan fingerprint density at radius 3 is 2.75 bits per heavy atom. The molecule has 20 heavy (non-hydrogen) atoms. The molecule has 5 aliphatic rings. The van der Waals surface area contributed by atoms with Gasteiger partial charge in [0.05, 0.1) is 12.1 Å². The topological polar surface area (TPSA) is 27.6 Å². The summed E-state index contributed by atoms with van der Waals surface area (Å²) in [5, 5.41) is 0. The minimum atomic E-state index is 0.129. The van der Waals surface area contributed by atoms with Crippen molar-refractivity contribution in [3.63, 3.8) is 0 Å². The minimum Gasteiger partial charge on any atom is -0.302 e. The van der Waals surface area contributed by atoms with Crippen molar-refractivity contribution in [2.75, 3.05) is 25.4 Å². The summed E-state index contributed by atoms with van der Waals surface area (Å²) in [4.78, 5) is 2.86. The van der Waals surface area contributed by atoms with E-state index in [1.54, 1.807) is 12.1 Å².